The molecule has 16 N–H and O–H groups in total. The number of carbonyl (C=O) groups excluding carboxylic acids is 8. The smallest absolute Gasteiger partial charge is 0.333 e. The zero-order valence-corrected chi connectivity index (χ0v) is 52.7. The van der Waals surface area contributed by atoms with Crippen molar-refractivity contribution in [2.24, 2.45) is 5.41 Å². The molecule has 4 aliphatic rings. The van der Waals surface area contributed by atoms with Crippen LogP contribution < -0.4 is 21.3 Å². The Morgan fingerprint density at radius 1 is 0.478 bits per heavy atom. The number of nitrogens with zero attached hydrogens (tertiary/aromatic N) is 1. The first-order chi connectivity index (χ1) is 44.0. The van der Waals surface area contributed by atoms with Gasteiger partial charge in [-0.25, -0.2) is 4.79 Å². The SMILES string of the molecule is CCCCCCCCCCCCCCC(=O)N[C@@H](CCC(=O)ON1C(=O)CCC1=O)C(=O)CC(CCCC(=O)NCCOC1O[C@H](CO)[C@@H](O)[C@H](O)[C@@H]1O)(CCC(=O)NCCOC1O[C@H](CO)[C@@H](O)[C@H](O)[C@@H]1O)CCC(=O)NCCOC1O[C@H](CO)[C@@H](O)[C@H](O)[C@@H]1O. The van der Waals surface area contributed by atoms with Crippen molar-refractivity contribution in [1.82, 2.24) is 26.3 Å². The third-order valence-corrected chi connectivity index (χ3v) is 16.9. The molecule has 4 rings (SSSR count). The molecule has 0 aromatic rings. The Kier molecular flexibility index (Phi) is 37.1. The Morgan fingerprint density at radius 2 is 0.848 bits per heavy atom. The van der Waals surface area contributed by atoms with E-state index in [-0.39, 0.29) is 110 Å². The summed E-state index contributed by atoms with van der Waals surface area (Å²) in [6, 6.07) is -1.41. The van der Waals surface area contributed by atoms with Crippen molar-refractivity contribution in [2.45, 2.75) is 266 Å². The summed E-state index contributed by atoms with van der Waals surface area (Å²) in [4.78, 5) is 113. The maximum absolute atomic E-state index is 15.0. The van der Waals surface area contributed by atoms with Crippen molar-refractivity contribution >= 4 is 47.2 Å². The zero-order valence-electron chi connectivity index (χ0n) is 52.7. The Bertz CT molecular complexity index is 2160. The topological polar surface area (TPSA) is 495 Å². The van der Waals surface area contributed by atoms with E-state index in [0.717, 1.165) is 38.5 Å². The Hall–Kier alpha value is -4.56. The molecular formula is C60H103N5O27. The highest BCUT2D eigenvalue weighted by molar-refractivity contribution is 6.01. The molecule has 6 amide bonds. The molecule has 0 aliphatic carbocycles. The van der Waals surface area contributed by atoms with Gasteiger partial charge in [-0.3, -0.25) is 33.6 Å². The van der Waals surface area contributed by atoms with Crippen LogP contribution in [0.15, 0.2) is 0 Å². The van der Waals surface area contributed by atoms with Crippen molar-refractivity contribution in [3.8, 4) is 0 Å². The summed E-state index contributed by atoms with van der Waals surface area (Å²) in [7, 11) is 0. The van der Waals surface area contributed by atoms with Crippen LogP contribution in [-0.4, -0.2) is 271 Å². The molecular weight excluding hydrogens is 1220 g/mol. The van der Waals surface area contributed by atoms with Crippen LogP contribution in [-0.2, 0) is 71.6 Å². The van der Waals surface area contributed by atoms with Crippen LogP contribution >= 0.6 is 0 Å². The Labute approximate surface area is 535 Å². The van der Waals surface area contributed by atoms with Gasteiger partial charge >= 0.3 is 5.97 Å². The number of aliphatic hydroxyl groups excluding tert-OH is 12. The van der Waals surface area contributed by atoms with Gasteiger partial charge in [0, 0.05) is 64.6 Å². The monoisotopic (exact) mass is 1330 g/mol. The molecule has 4 heterocycles. The number of ketones is 1. The second kappa shape index (κ2) is 42.8. The molecule has 0 spiro atoms. The van der Waals surface area contributed by atoms with E-state index in [2.05, 4.69) is 28.2 Å². The summed E-state index contributed by atoms with van der Waals surface area (Å²) in [6.45, 7) is -1.47. The third-order valence-electron chi connectivity index (χ3n) is 16.9. The standard InChI is InChI=1S/C60H103N5O27/c1-2-3-4-5-6-7-8-9-10-11-12-13-15-44(73)64-36(17-20-47(76)92-65-45(74)18-19-46(65)75)37(69)32-60(24-21-42(71)62-27-30-87-58-55(84)52(81)49(78)39(34-67)90-58,25-22-43(72)63-28-31-88-59-56(85)53(82)50(79)40(35-68)91-59)23-14-16-41(70)61-26-29-86-57-54(83)51(80)48(77)38(33-66)89-57/h36,38-40,48-59,66-68,77-85H,2-35H2,1H3,(H,61,70)(H,62,71)(H,63,72)(H,64,73)/t36-,38+,39+,40+,48+,49+,50+,51-,52-,53-,54-,55-,56-,57?,58?,59?,60?/m0/s1. The van der Waals surface area contributed by atoms with Crippen LogP contribution in [0.5, 0.6) is 0 Å². The molecule has 4 saturated heterocycles. The van der Waals surface area contributed by atoms with Crippen LogP contribution in [0.2, 0.25) is 0 Å². The van der Waals surface area contributed by atoms with Crippen molar-refractivity contribution in [2.75, 3.05) is 59.3 Å². The number of hydrogen-bond acceptors (Lipinski definition) is 27. The highest BCUT2D eigenvalue weighted by Crippen LogP contribution is 2.40. The minimum Gasteiger partial charge on any atom is -0.394 e. The fourth-order valence-corrected chi connectivity index (χ4v) is 11.3. The summed E-state index contributed by atoms with van der Waals surface area (Å²) in [5.41, 5.74) is -1.38. The first kappa shape index (κ1) is 79.9. The number of Topliss-reactive ketones (excluding diaryl/α,β-unsaturated/α-hetero) is 1. The summed E-state index contributed by atoms with van der Waals surface area (Å²) >= 11 is 0. The number of rotatable bonds is 46. The maximum atomic E-state index is 15.0. The highest BCUT2D eigenvalue weighted by Gasteiger charge is 2.47. The van der Waals surface area contributed by atoms with Crippen LogP contribution in [0.25, 0.3) is 0 Å². The number of nitrogens with one attached hydrogen (secondary N) is 4. The number of imide groups is 1. The molecule has 4 aliphatic heterocycles. The van der Waals surface area contributed by atoms with Gasteiger partial charge in [-0.05, 0) is 43.9 Å². The molecule has 0 radical (unpaired) electrons. The van der Waals surface area contributed by atoms with Gasteiger partial charge in [0.05, 0.1) is 52.1 Å². The number of amides is 6. The minimum atomic E-state index is -1.74. The third kappa shape index (κ3) is 26.9. The van der Waals surface area contributed by atoms with Crippen molar-refractivity contribution in [3.05, 3.63) is 0 Å². The largest absolute Gasteiger partial charge is 0.394 e. The van der Waals surface area contributed by atoms with Crippen LogP contribution in [0.1, 0.15) is 167 Å². The van der Waals surface area contributed by atoms with E-state index >= 15 is 4.79 Å². The van der Waals surface area contributed by atoms with E-state index in [0.29, 0.717) is 11.5 Å². The first-order valence-electron chi connectivity index (χ1n) is 32.4. The summed E-state index contributed by atoms with van der Waals surface area (Å²) in [5.74, 6) is -5.53. The predicted octanol–water partition coefficient (Wildman–Crippen LogP) is -3.58. The lowest BCUT2D eigenvalue weighted by atomic mass is 9.70. The number of hydroxylamine groups is 2. The van der Waals surface area contributed by atoms with E-state index in [1.807, 2.05) is 0 Å². The molecule has 0 aromatic heterocycles. The molecule has 32 heteroatoms. The molecule has 530 valence electrons. The number of aliphatic hydroxyl groups is 12. The fraction of sp³-hybridized carbons (Fsp3) is 0.867. The van der Waals surface area contributed by atoms with Gasteiger partial charge in [0.15, 0.2) is 24.7 Å². The number of hydrogen-bond donors (Lipinski definition) is 16. The molecule has 0 bridgehead atoms. The van der Waals surface area contributed by atoms with Crippen LogP contribution in [0.4, 0.5) is 0 Å². The first-order valence-corrected chi connectivity index (χ1v) is 32.4. The molecule has 0 saturated carbocycles. The highest BCUT2D eigenvalue weighted by atomic mass is 16.7. The van der Waals surface area contributed by atoms with E-state index in [1.54, 1.807) is 0 Å². The average Bonchev–Trinajstić information content (AvgIpc) is 3.48. The van der Waals surface area contributed by atoms with Crippen molar-refractivity contribution in [1.29, 1.82) is 0 Å². The molecule has 92 heavy (non-hydrogen) atoms. The fourth-order valence-electron chi connectivity index (χ4n) is 11.3. The van der Waals surface area contributed by atoms with Gasteiger partial charge in [-0.1, -0.05) is 77.6 Å². The van der Waals surface area contributed by atoms with Gasteiger partial charge < -0.3 is 116 Å². The quantitative estimate of drug-likeness (QED) is 0.0207. The van der Waals surface area contributed by atoms with E-state index in [4.69, 9.17) is 33.3 Å². The zero-order chi connectivity index (χ0) is 67.8. The van der Waals surface area contributed by atoms with E-state index in [9.17, 15) is 94.8 Å². The predicted molar refractivity (Wildman–Crippen MR) is 317 cm³/mol. The van der Waals surface area contributed by atoms with Crippen LogP contribution in [0, 0.1) is 5.41 Å². The van der Waals surface area contributed by atoms with Crippen LogP contribution in [0.3, 0.4) is 0 Å². The lowest BCUT2D eigenvalue weighted by molar-refractivity contribution is -0.300. The second-order valence-electron chi connectivity index (χ2n) is 24.1. The maximum Gasteiger partial charge on any atom is 0.333 e. The second-order valence-corrected chi connectivity index (χ2v) is 24.1. The van der Waals surface area contributed by atoms with Gasteiger partial charge in [0.2, 0.25) is 23.6 Å². The lowest BCUT2D eigenvalue weighted by Crippen LogP contribution is -2.59. The Balaban J connectivity index is 1.56. The van der Waals surface area contributed by atoms with E-state index < -0.39 is 183 Å². The average molecular weight is 1330 g/mol. The number of unbranched alkanes of at least 4 members (excludes halogenated alkanes) is 11. The van der Waals surface area contributed by atoms with Gasteiger partial charge in [-0.15, -0.1) is 5.06 Å². The minimum absolute atomic E-state index is 0.00397. The van der Waals surface area contributed by atoms with Crippen molar-refractivity contribution in [3.63, 3.8) is 0 Å². The summed E-state index contributed by atoms with van der Waals surface area (Å²) < 4.78 is 32.6. The normalized spacial score (nSPS) is 28.5. The number of ether oxygens (including phenoxy) is 6. The number of carbonyl (C=O) groups is 8. The molecule has 4 fully saturated rings. The Morgan fingerprint density at radius 3 is 1.24 bits per heavy atom. The van der Waals surface area contributed by atoms with Gasteiger partial charge in [-0.2, -0.15) is 0 Å². The van der Waals surface area contributed by atoms with Crippen molar-refractivity contribution < 1.29 is 133 Å². The lowest BCUT2D eigenvalue weighted by Gasteiger charge is -2.39. The summed E-state index contributed by atoms with van der Waals surface area (Å²) in [6.07, 6.45) is -14.2. The molecule has 0 aromatic carbocycles. The molecule has 16 atom stereocenters. The molecule has 3 unspecified atom stereocenters. The molecule has 32 nitrogen and oxygen atoms in total. The van der Waals surface area contributed by atoms with E-state index in [1.165, 1.54) is 32.1 Å². The van der Waals surface area contributed by atoms with Gasteiger partial charge in [0.25, 0.3) is 11.8 Å². The summed E-state index contributed by atoms with van der Waals surface area (Å²) in [5, 5.41) is 132. The van der Waals surface area contributed by atoms with Gasteiger partial charge in [0.1, 0.15) is 73.2 Å².